The number of nitrogens with zero attached hydrogens (tertiary/aromatic N) is 2. The summed E-state index contributed by atoms with van der Waals surface area (Å²) < 4.78 is 0. The number of aromatic nitrogens is 1. The molecule has 0 fully saturated rings. The van der Waals surface area contributed by atoms with E-state index in [0.29, 0.717) is 6.54 Å². The molecule has 0 aliphatic carbocycles. The molecule has 0 aliphatic heterocycles. The Hall–Kier alpha value is -1.13. The first-order valence-corrected chi connectivity index (χ1v) is 4.69. The number of likely N-dealkylation sites (N-methyl/N-ethyl adjacent to an activating group) is 1. The van der Waals surface area contributed by atoms with Crippen molar-refractivity contribution in [1.29, 1.82) is 0 Å². The van der Waals surface area contributed by atoms with Crippen molar-refractivity contribution in [2.75, 3.05) is 25.1 Å². The van der Waals surface area contributed by atoms with Crippen LogP contribution in [0.3, 0.4) is 0 Å². The van der Waals surface area contributed by atoms with E-state index in [9.17, 15) is 0 Å². The molecule has 0 radical (unpaired) electrons. The van der Waals surface area contributed by atoms with Crippen molar-refractivity contribution in [2.24, 2.45) is 5.73 Å². The smallest absolute Gasteiger partial charge is 0.133 e. The van der Waals surface area contributed by atoms with Crippen LogP contribution in [0.15, 0.2) is 18.3 Å². The molecule has 4 nitrogen and oxygen atoms in total. The van der Waals surface area contributed by atoms with Crippen LogP contribution in [-0.2, 0) is 0 Å². The summed E-state index contributed by atoms with van der Waals surface area (Å²) in [4.78, 5) is 6.15. The lowest BCUT2D eigenvalue weighted by molar-refractivity contribution is 0.303. The highest BCUT2D eigenvalue weighted by molar-refractivity contribution is 5.47. The first-order valence-electron chi connectivity index (χ1n) is 4.69. The molecule has 1 heterocycles. The Bertz CT molecular complexity index is 288. The number of aliphatic hydroxyl groups excluding tert-OH is 1. The zero-order valence-corrected chi connectivity index (χ0v) is 8.64. The molecule has 14 heavy (non-hydrogen) atoms. The van der Waals surface area contributed by atoms with Gasteiger partial charge in [0.15, 0.2) is 0 Å². The maximum atomic E-state index is 8.83. The fourth-order valence-corrected chi connectivity index (χ4v) is 1.34. The maximum absolute atomic E-state index is 8.83. The van der Waals surface area contributed by atoms with Gasteiger partial charge in [-0.05, 0) is 13.0 Å². The molecule has 1 atom stereocenters. The summed E-state index contributed by atoms with van der Waals surface area (Å²) in [6.45, 7) is 2.61. The molecule has 1 rings (SSSR count). The van der Waals surface area contributed by atoms with Crippen LogP contribution in [0.1, 0.15) is 18.5 Å². The molecular formula is C10H17N3O. The standard InChI is InChI=1S/C10H17N3O/c1-8(11)9-4-3-5-12-10(9)13(2)6-7-14/h3-5,8,14H,6-7,11H2,1-2H3/t8-/m0/s1. The largest absolute Gasteiger partial charge is 0.395 e. The van der Waals surface area contributed by atoms with Gasteiger partial charge in [-0.15, -0.1) is 0 Å². The van der Waals surface area contributed by atoms with Gasteiger partial charge in [0, 0.05) is 31.4 Å². The van der Waals surface area contributed by atoms with Crippen LogP contribution in [0.5, 0.6) is 0 Å². The second-order valence-electron chi connectivity index (χ2n) is 3.35. The van der Waals surface area contributed by atoms with E-state index in [1.54, 1.807) is 6.20 Å². The van der Waals surface area contributed by atoms with Crippen LogP contribution < -0.4 is 10.6 Å². The molecular weight excluding hydrogens is 178 g/mol. The van der Waals surface area contributed by atoms with E-state index in [1.165, 1.54) is 0 Å². The Balaban J connectivity index is 2.94. The highest BCUT2D eigenvalue weighted by Crippen LogP contribution is 2.20. The van der Waals surface area contributed by atoms with Crippen molar-refractivity contribution in [3.05, 3.63) is 23.9 Å². The van der Waals surface area contributed by atoms with E-state index in [2.05, 4.69) is 4.98 Å². The van der Waals surface area contributed by atoms with E-state index in [4.69, 9.17) is 10.8 Å². The topological polar surface area (TPSA) is 62.4 Å². The predicted octanol–water partition coefficient (Wildman–Crippen LogP) is 0.530. The molecule has 1 aromatic heterocycles. The van der Waals surface area contributed by atoms with Crippen LogP contribution in [0, 0.1) is 0 Å². The van der Waals surface area contributed by atoms with Gasteiger partial charge >= 0.3 is 0 Å². The van der Waals surface area contributed by atoms with Gasteiger partial charge in [-0.3, -0.25) is 0 Å². The molecule has 0 spiro atoms. The van der Waals surface area contributed by atoms with Crippen LogP contribution in [0.2, 0.25) is 0 Å². The number of pyridine rings is 1. The van der Waals surface area contributed by atoms with Gasteiger partial charge in [-0.2, -0.15) is 0 Å². The molecule has 0 aromatic carbocycles. The Morgan fingerprint density at radius 2 is 2.36 bits per heavy atom. The fourth-order valence-electron chi connectivity index (χ4n) is 1.34. The average molecular weight is 195 g/mol. The summed E-state index contributed by atoms with van der Waals surface area (Å²) in [5.41, 5.74) is 6.82. The number of rotatable bonds is 4. The summed E-state index contributed by atoms with van der Waals surface area (Å²) >= 11 is 0. The number of hydrogen-bond donors (Lipinski definition) is 2. The average Bonchev–Trinajstić information content (AvgIpc) is 2.18. The monoisotopic (exact) mass is 195 g/mol. The number of aliphatic hydroxyl groups is 1. The minimum absolute atomic E-state index is 0.0418. The van der Waals surface area contributed by atoms with Gasteiger partial charge in [0.1, 0.15) is 5.82 Å². The van der Waals surface area contributed by atoms with Crippen molar-refractivity contribution >= 4 is 5.82 Å². The van der Waals surface area contributed by atoms with E-state index < -0.39 is 0 Å². The maximum Gasteiger partial charge on any atom is 0.133 e. The van der Waals surface area contributed by atoms with Crippen LogP contribution >= 0.6 is 0 Å². The van der Waals surface area contributed by atoms with Crippen LogP contribution in [-0.4, -0.2) is 30.3 Å². The van der Waals surface area contributed by atoms with Crippen molar-refractivity contribution < 1.29 is 5.11 Å². The van der Waals surface area contributed by atoms with Gasteiger partial charge in [-0.1, -0.05) is 6.07 Å². The van der Waals surface area contributed by atoms with E-state index in [0.717, 1.165) is 11.4 Å². The summed E-state index contributed by atoms with van der Waals surface area (Å²) in [7, 11) is 1.89. The molecule has 1 aromatic rings. The lowest BCUT2D eigenvalue weighted by atomic mass is 10.1. The minimum Gasteiger partial charge on any atom is -0.395 e. The molecule has 3 N–H and O–H groups in total. The van der Waals surface area contributed by atoms with Crippen LogP contribution in [0.25, 0.3) is 0 Å². The van der Waals surface area contributed by atoms with E-state index in [-0.39, 0.29) is 12.6 Å². The zero-order valence-electron chi connectivity index (χ0n) is 8.64. The predicted molar refractivity (Wildman–Crippen MR) is 57.2 cm³/mol. The third-order valence-electron chi connectivity index (χ3n) is 2.10. The molecule has 0 amide bonds. The molecule has 0 aliphatic rings. The summed E-state index contributed by atoms with van der Waals surface area (Å²) in [5, 5.41) is 8.83. The van der Waals surface area contributed by atoms with Crippen molar-refractivity contribution in [2.45, 2.75) is 13.0 Å². The highest BCUT2D eigenvalue weighted by atomic mass is 16.3. The Kier molecular flexibility index (Phi) is 3.85. The molecule has 0 saturated heterocycles. The molecule has 0 unspecified atom stereocenters. The lowest BCUT2D eigenvalue weighted by Gasteiger charge is -2.21. The minimum atomic E-state index is -0.0418. The Labute approximate surface area is 84.4 Å². The number of hydrogen-bond acceptors (Lipinski definition) is 4. The molecule has 4 heteroatoms. The number of anilines is 1. The molecule has 78 valence electrons. The van der Waals surface area contributed by atoms with Gasteiger partial charge < -0.3 is 15.7 Å². The first-order chi connectivity index (χ1) is 6.66. The van der Waals surface area contributed by atoms with Gasteiger partial charge in [0.25, 0.3) is 0 Å². The summed E-state index contributed by atoms with van der Waals surface area (Å²) in [6.07, 6.45) is 1.73. The van der Waals surface area contributed by atoms with Gasteiger partial charge in [0.2, 0.25) is 0 Å². The van der Waals surface area contributed by atoms with Crippen LogP contribution in [0.4, 0.5) is 5.82 Å². The lowest BCUT2D eigenvalue weighted by Crippen LogP contribution is -2.24. The SMILES string of the molecule is C[C@H](N)c1cccnc1N(C)CCO. The first kappa shape index (κ1) is 10.9. The van der Waals surface area contributed by atoms with Crippen molar-refractivity contribution in [3.8, 4) is 0 Å². The molecule has 0 saturated carbocycles. The van der Waals surface area contributed by atoms with Gasteiger partial charge in [-0.25, -0.2) is 4.98 Å². The van der Waals surface area contributed by atoms with Gasteiger partial charge in [0.05, 0.1) is 6.61 Å². The summed E-state index contributed by atoms with van der Waals surface area (Å²) in [6, 6.07) is 3.79. The second kappa shape index (κ2) is 4.93. The third-order valence-corrected chi connectivity index (χ3v) is 2.10. The van der Waals surface area contributed by atoms with Crippen molar-refractivity contribution in [1.82, 2.24) is 4.98 Å². The van der Waals surface area contributed by atoms with E-state index in [1.807, 2.05) is 31.0 Å². The number of nitrogens with two attached hydrogens (primary N) is 1. The van der Waals surface area contributed by atoms with E-state index >= 15 is 0 Å². The van der Waals surface area contributed by atoms with Crippen molar-refractivity contribution in [3.63, 3.8) is 0 Å². The fraction of sp³-hybridized carbons (Fsp3) is 0.500. The Morgan fingerprint density at radius 3 is 2.93 bits per heavy atom. The summed E-state index contributed by atoms with van der Waals surface area (Å²) in [5.74, 6) is 0.844. The normalized spacial score (nSPS) is 12.6. The Morgan fingerprint density at radius 1 is 1.64 bits per heavy atom. The third kappa shape index (κ3) is 2.43. The second-order valence-corrected chi connectivity index (χ2v) is 3.35. The zero-order chi connectivity index (χ0) is 10.6. The molecule has 0 bridgehead atoms. The highest BCUT2D eigenvalue weighted by Gasteiger charge is 2.10. The quantitative estimate of drug-likeness (QED) is 0.735.